The maximum atomic E-state index is 12.4. The molecule has 1 fully saturated rings. The smallest absolute Gasteiger partial charge is 0.333 e. The third-order valence-electron chi connectivity index (χ3n) is 3.51. The van der Waals surface area contributed by atoms with Crippen LogP contribution in [-0.4, -0.2) is 51.2 Å². The molecular formula is C16H24O7. The van der Waals surface area contributed by atoms with Gasteiger partial charge in [-0.2, -0.15) is 0 Å². The Balaban J connectivity index is 3.37. The van der Waals surface area contributed by atoms with Gasteiger partial charge in [0.05, 0.1) is 0 Å². The van der Waals surface area contributed by atoms with E-state index in [4.69, 9.17) is 9.47 Å². The number of ketones is 1. The minimum absolute atomic E-state index is 0.0130. The number of hydrogen-bond donors (Lipinski definition) is 3. The Morgan fingerprint density at radius 3 is 2.17 bits per heavy atom. The zero-order valence-electron chi connectivity index (χ0n) is 14.0. The third kappa shape index (κ3) is 3.63. The number of aliphatic hydroxyl groups is 3. The van der Waals surface area contributed by atoms with E-state index in [1.165, 1.54) is 20.8 Å². The molecule has 7 heteroatoms. The van der Waals surface area contributed by atoms with E-state index >= 15 is 0 Å². The Morgan fingerprint density at radius 2 is 1.78 bits per heavy atom. The van der Waals surface area contributed by atoms with Gasteiger partial charge in [0.1, 0.15) is 18.0 Å². The molecule has 0 bridgehead atoms. The average molecular weight is 328 g/mol. The van der Waals surface area contributed by atoms with E-state index in [1.807, 2.05) is 0 Å². The van der Waals surface area contributed by atoms with Crippen LogP contribution in [0, 0.1) is 5.92 Å². The second-order valence-electron chi connectivity index (χ2n) is 6.22. The summed E-state index contributed by atoms with van der Waals surface area (Å²) >= 11 is 0. The van der Waals surface area contributed by atoms with E-state index in [-0.39, 0.29) is 11.3 Å². The van der Waals surface area contributed by atoms with E-state index in [2.05, 4.69) is 6.58 Å². The predicted octanol–water partition coefficient (Wildman–Crippen LogP) is 0.434. The van der Waals surface area contributed by atoms with Crippen LogP contribution in [0.2, 0.25) is 0 Å². The van der Waals surface area contributed by atoms with Gasteiger partial charge >= 0.3 is 11.8 Å². The van der Waals surface area contributed by atoms with Gasteiger partial charge in [-0.15, -0.1) is 0 Å². The van der Waals surface area contributed by atoms with Crippen LogP contribution in [0.1, 0.15) is 34.6 Å². The fourth-order valence-electron chi connectivity index (χ4n) is 2.21. The minimum Gasteiger partial charge on any atom is -0.453 e. The molecule has 0 amide bonds. The Labute approximate surface area is 135 Å². The first kappa shape index (κ1) is 19.3. The van der Waals surface area contributed by atoms with Crippen molar-refractivity contribution in [2.24, 2.45) is 5.92 Å². The second-order valence-corrected chi connectivity index (χ2v) is 6.22. The second kappa shape index (κ2) is 6.82. The van der Waals surface area contributed by atoms with Gasteiger partial charge in [0, 0.05) is 11.5 Å². The molecule has 7 nitrogen and oxygen atoms in total. The molecule has 0 aromatic rings. The summed E-state index contributed by atoms with van der Waals surface area (Å²) in [4.78, 5) is 24.2. The number of aliphatic hydroxyl groups excluding tert-OH is 2. The van der Waals surface area contributed by atoms with Gasteiger partial charge in [-0.1, -0.05) is 20.4 Å². The van der Waals surface area contributed by atoms with Crippen molar-refractivity contribution >= 4 is 11.8 Å². The molecular weight excluding hydrogens is 304 g/mol. The largest absolute Gasteiger partial charge is 0.453 e. The normalized spacial score (nSPS) is 30.7. The standard InChI is InChI=1S/C16H24O7/c1-7(2)12-10(17)11(18)14(22-15(20)9(5)6)16(21,23-12)13(19)8(3)4/h8,10-11,14,17-18,21H,5H2,1-4,6H3/t10-,11+,14-,16+/m0/s1. The quantitative estimate of drug-likeness (QED) is 0.507. The van der Waals surface area contributed by atoms with Gasteiger partial charge in [0.25, 0.3) is 0 Å². The maximum absolute atomic E-state index is 12.4. The van der Waals surface area contributed by atoms with Gasteiger partial charge in [-0.3, -0.25) is 4.79 Å². The Hall–Kier alpha value is -1.70. The first-order valence-corrected chi connectivity index (χ1v) is 7.29. The number of esters is 1. The first-order chi connectivity index (χ1) is 10.4. The van der Waals surface area contributed by atoms with Crippen LogP contribution in [-0.2, 0) is 19.1 Å². The first-order valence-electron chi connectivity index (χ1n) is 7.29. The number of carbonyl (C=O) groups is 2. The highest BCUT2D eigenvalue weighted by Crippen LogP contribution is 2.36. The lowest BCUT2D eigenvalue weighted by Crippen LogP contribution is -2.65. The van der Waals surface area contributed by atoms with Crippen LogP contribution < -0.4 is 0 Å². The number of allylic oxidation sites excluding steroid dienone is 1. The molecule has 0 unspecified atom stereocenters. The number of rotatable bonds is 4. The van der Waals surface area contributed by atoms with Crippen LogP contribution >= 0.6 is 0 Å². The Bertz CT molecular complexity index is 545. The minimum atomic E-state index is -2.59. The van der Waals surface area contributed by atoms with Crippen LogP contribution in [0.25, 0.3) is 0 Å². The summed E-state index contributed by atoms with van der Waals surface area (Å²) < 4.78 is 10.3. The van der Waals surface area contributed by atoms with Gasteiger partial charge in [-0.05, 0) is 26.3 Å². The number of hydrogen-bond acceptors (Lipinski definition) is 7. The summed E-state index contributed by atoms with van der Waals surface area (Å²) in [6.07, 6.45) is -5.05. The van der Waals surface area contributed by atoms with Crippen molar-refractivity contribution in [2.75, 3.05) is 0 Å². The molecule has 23 heavy (non-hydrogen) atoms. The maximum Gasteiger partial charge on any atom is 0.333 e. The molecule has 1 heterocycles. The molecule has 1 aliphatic heterocycles. The SMILES string of the molecule is C=C(C)C(=O)O[C@H]1[C@H](O)[C@H](O)C(=C(C)C)O[C@]1(O)C(=O)C(C)C. The highest BCUT2D eigenvalue weighted by atomic mass is 16.7. The third-order valence-corrected chi connectivity index (χ3v) is 3.51. The fourth-order valence-corrected chi connectivity index (χ4v) is 2.21. The van der Waals surface area contributed by atoms with Crippen LogP contribution in [0.15, 0.2) is 23.5 Å². The zero-order valence-corrected chi connectivity index (χ0v) is 14.0. The molecule has 0 aromatic carbocycles. The van der Waals surface area contributed by atoms with E-state index in [0.717, 1.165) is 0 Å². The molecule has 0 spiro atoms. The summed E-state index contributed by atoms with van der Waals surface area (Å²) in [5.74, 6) is -5.07. The summed E-state index contributed by atoms with van der Waals surface area (Å²) in [7, 11) is 0. The van der Waals surface area contributed by atoms with Crippen LogP contribution in [0.5, 0.6) is 0 Å². The number of ether oxygens (including phenoxy) is 2. The van der Waals surface area contributed by atoms with Crippen molar-refractivity contribution in [3.8, 4) is 0 Å². The van der Waals surface area contributed by atoms with Gasteiger partial charge in [-0.25, -0.2) is 4.79 Å². The van der Waals surface area contributed by atoms with Crippen LogP contribution in [0.4, 0.5) is 0 Å². The molecule has 1 saturated heterocycles. The van der Waals surface area contributed by atoms with E-state index < -0.39 is 41.8 Å². The lowest BCUT2D eigenvalue weighted by atomic mass is 9.87. The van der Waals surface area contributed by atoms with Crippen molar-refractivity contribution in [3.63, 3.8) is 0 Å². The lowest BCUT2D eigenvalue weighted by Gasteiger charge is -2.44. The monoisotopic (exact) mass is 328 g/mol. The van der Waals surface area contributed by atoms with Crippen molar-refractivity contribution in [2.45, 2.75) is 58.7 Å². The van der Waals surface area contributed by atoms with Crippen molar-refractivity contribution < 1.29 is 34.4 Å². The molecule has 130 valence electrons. The highest BCUT2D eigenvalue weighted by molar-refractivity contribution is 5.90. The number of carbonyl (C=O) groups excluding carboxylic acids is 2. The van der Waals surface area contributed by atoms with Crippen molar-refractivity contribution in [1.82, 2.24) is 0 Å². The zero-order chi connectivity index (χ0) is 18.1. The van der Waals surface area contributed by atoms with Crippen molar-refractivity contribution in [1.29, 1.82) is 0 Å². The Morgan fingerprint density at radius 1 is 1.26 bits per heavy atom. The molecule has 4 atom stereocenters. The Kier molecular flexibility index (Phi) is 5.74. The van der Waals surface area contributed by atoms with Gasteiger partial charge < -0.3 is 24.8 Å². The van der Waals surface area contributed by atoms with E-state index in [0.29, 0.717) is 5.57 Å². The van der Waals surface area contributed by atoms with Gasteiger partial charge in [0.2, 0.25) is 11.9 Å². The fraction of sp³-hybridized carbons (Fsp3) is 0.625. The summed E-state index contributed by atoms with van der Waals surface area (Å²) in [5, 5.41) is 31.1. The molecule has 1 aliphatic rings. The topological polar surface area (TPSA) is 113 Å². The molecule has 1 rings (SSSR count). The molecule has 0 aromatic heterocycles. The summed E-state index contributed by atoms with van der Waals surface area (Å²) in [5.41, 5.74) is 0.482. The highest BCUT2D eigenvalue weighted by Gasteiger charge is 2.59. The molecule has 0 saturated carbocycles. The summed E-state index contributed by atoms with van der Waals surface area (Å²) in [6, 6.07) is 0. The molecule has 0 radical (unpaired) electrons. The number of Topliss-reactive ketones (excluding diaryl/α,β-unsaturated/α-hetero) is 1. The van der Waals surface area contributed by atoms with Crippen molar-refractivity contribution in [3.05, 3.63) is 23.5 Å². The summed E-state index contributed by atoms with van der Waals surface area (Å²) in [6.45, 7) is 11.0. The van der Waals surface area contributed by atoms with Gasteiger partial charge in [0.15, 0.2) is 0 Å². The average Bonchev–Trinajstić information content (AvgIpc) is 2.45. The van der Waals surface area contributed by atoms with Crippen LogP contribution in [0.3, 0.4) is 0 Å². The lowest BCUT2D eigenvalue weighted by molar-refractivity contribution is -0.286. The molecule has 3 N–H and O–H groups in total. The van der Waals surface area contributed by atoms with E-state index in [1.54, 1.807) is 13.8 Å². The predicted molar refractivity (Wildman–Crippen MR) is 81.0 cm³/mol. The molecule has 0 aliphatic carbocycles. The van der Waals surface area contributed by atoms with E-state index in [9.17, 15) is 24.9 Å².